The zero-order valence-electron chi connectivity index (χ0n) is 11.0. The van der Waals surface area contributed by atoms with Crippen LogP contribution in [0.1, 0.15) is 22.8 Å². The highest BCUT2D eigenvalue weighted by Crippen LogP contribution is 2.19. The van der Waals surface area contributed by atoms with Crippen molar-refractivity contribution in [2.75, 3.05) is 5.32 Å². The molecule has 19 heavy (non-hydrogen) atoms. The summed E-state index contributed by atoms with van der Waals surface area (Å²) in [7, 11) is 0. The molecule has 0 aliphatic rings. The number of nitrogens with zero attached hydrogens (tertiary/aromatic N) is 3. The van der Waals surface area contributed by atoms with Gasteiger partial charge >= 0.3 is 0 Å². The SMILES string of the molecule is Cc1cc(NCc2nc(C)c(C)[nH]2)ncc1[N+](=O)[O-]. The van der Waals surface area contributed by atoms with Crippen molar-refractivity contribution in [2.45, 2.75) is 27.3 Å². The fraction of sp³-hybridized carbons (Fsp3) is 0.333. The summed E-state index contributed by atoms with van der Waals surface area (Å²) in [6.45, 7) is 6.08. The van der Waals surface area contributed by atoms with Crippen molar-refractivity contribution in [1.82, 2.24) is 15.0 Å². The van der Waals surface area contributed by atoms with Gasteiger partial charge in [0, 0.05) is 11.3 Å². The normalized spacial score (nSPS) is 10.5. The molecule has 0 atom stereocenters. The van der Waals surface area contributed by atoms with E-state index in [4.69, 9.17) is 0 Å². The van der Waals surface area contributed by atoms with Crippen LogP contribution in [-0.4, -0.2) is 19.9 Å². The van der Waals surface area contributed by atoms with Crippen LogP contribution in [0, 0.1) is 30.9 Å². The zero-order valence-corrected chi connectivity index (χ0v) is 11.0. The zero-order chi connectivity index (χ0) is 14.0. The van der Waals surface area contributed by atoms with Gasteiger partial charge in [0.1, 0.15) is 17.8 Å². The van der Waals surface area contributed by atoms with E-state index in [0.717, 1.165) is 17.2 Å². The van der Waals surface area contributed by atoms with Gasteiger partial charge in [0.25, 0.3) is 5.69 Å². The summed E-state index contributed by atoms with van der Waals surface area (Å²) < 4.78 is 0. The number of nitro groups is 1. The molecule has 0 saturated carbocycles. The molecule has 0 saturated heterocycles. The molecule has 2 N–H and O–H groups in total. The molecule has 0 spiro atoms. The van der Waals surface area contributed by atoms with Crippen LogP contribution in [0.5, 0.6) is 0 Å². The van der Waals surface area contributed by atoms with E-state index in [1.807, 2.05) is 13.8 Å². The molecule has 0 aromatic carbocycles. The molecule has 2 heterocycles. The maximum Gasteiger partial charge on any atom is 0.290 e. The lowest BCUT2D eigenvalue weighted by Gasteiger charge is -2.04. The second-order valence-corrected chi connectivity index (χ2v) is 4.36. The minimum absolute atomic E-state index is 0.0234. The van der Waals surface area contributed by atoms with Crippen molar-refractivity contribution in [3.05, 3.63) is 45.2 Å². The number of nitrogens with one attached hydrogen (secondary N) is 2. The Kier molecular flexibility index (Phi) is 3.46. The first kappa shape index (κ1) is 13.0. The molecular formula is C12H15N5O2. The van der Waals surface area contributed by atoms with E-state index < -0.39 is 4.92 Å². The first-order valence-electron chi connectivity index (χ1n) is 5.84. The number of anilines is 1. The molecule has 0 bridgehead atoms. The molecule has 2 rings (SSSR count). The molecule has 2 aromatic heterocycles. The standard InChI is InChI=1S/C12H15N5O2/c1-7-4-11(13-5-10(7)17(18)19)14-6-12-15-8(2)9(3)16-12/h4-5H,6H2,1-3H3,(H,13,14)(H,15,16). The van der Waals surface area contributed by atoms with Crippen LogP contribution in [0.3, 0.4) is 0 Å². The summed E-state index contributed by atoms with van der Waals surface area (Å²) in [6, 6.07) is 1.65. The summed E-state index contributed by atoms with van der Waals surface area (Å²) in [6.07, 6.45) is 1.26. The molecule has 7 nitrogen and oxygen atoms in total. The van der Waals surface area contributed by atoms with Crippen LogP contribution in [0.15, 0.2) is 12.3 Å². The van der Waals surface area contributed by atoms with E-state index in [1.165, 1.54) is 6.20 Å². The summed E-state index contributed by atoms with van der Waals surface area (Å²) in [5, 5.41) is 13.8. The van der Waals surface area contributed by atoms with Crippen molar-refractivity contribution < 1.29 is 4.92 Å². The van der Waals surface area contributed by atoms with Crippen molar-refractivity contribution in [2.24, 2.45) is 0 Å². The molecule has 2 aromatic rings. The second-order valence-electron chi connectivity index (χ2n) is 4.36. The number of pyridine rings is 1. The third-order valence-electron chi connectivity index (χ3n) is 2.89. The Hall–Kier alpha value is -2.44. The van der Waals surface area contributed by atoms with Crippen LogP contribution in [0.4, 0.5) is 11.5 Å². The predicted molar refractivity (Wildman–Crippen MR) is 71.0 cm³/mol. The number of aromatic amines is 1. The van der Waals surface area contributed by atoms with E-state index in [1.54, 1.807) is 13.0 Å². The Morgan fingerprint density at radius 2 is 2.16 bits per heavy atom. The highest BCUT2D eigenvalue weighted by molar-refractivity contribution is 5.46. The minimum Gasteiger partial charge on any atom is -0.363 e. The van der Waals surface area contributed by atoms with Crippen LogP contribution in [0.2, 0.25) is 0 Å². The molecule has 100 valence electrons. The fourth-order valence-electron chi connectivity index (χ4n) is 1.72. The number of imidazole rings is 1. The highest BCUT2D eigenvalue weighted by atomic mass is 16.6. The molecule has 7 heteroatoms. The summed E-state index contributed by atoms with van der Waals surface area (Å²) in [5.41, 5.74) is 2.60. The lowest BCUT2D eigenvalue weighted by atomic mass is 10.2. The van der Waals surface area contributed by atoms with Crippen molar-refractivity contribution in [1.29, 1.82) is 0 Å². The molecule has 0 unspecified atom stereocenters. The third kappa shape index (κ3) is 2.87. The fourth-order valence-corrected chi connectivity index (χ4v) is 1.72. The van der Waals surface area contributed by atoms with E-state index >= 15 is 0 Å². The maximum atomic E-state index is 10.7. The van der Waals surface area contributed by atoms with Gasteiger partial charge in [-0.3, -0.25) is 10.1 Å². The monoisotopic (exact) mass is 261 g/mol. The largest absolute Gasteiger partial charge is 0.363 e. The van der Waals surface area contributed by atoms with Gasteiger partial charge in [0.2, 0.25) is 0 Å². The topological polar surface area (TPSA) is 96.7 Å². The van der Waals surface area contributed by atoms with Gasteiger partial charge in [-0.1, -0.05) is 0 Å². The third-order valence-corrected chi connectivity index (χ3v) is 2.89. The number of aromatic nitrogens is 3. The van der Waals surface area contributed by atoms with Crippen LogP contribution in [-0.2, 0) is 6.54 Å². The Labute approximate surface area is 110 Å². The van der Waals surface area contributed by atoms with Crippen LogP contribution >= 0.6 is 0 Å². The van der Waals surface area contributed by atoms with E-state index in [-0.39, 0.29) is 5.69 Å². The maximum absolute atomic E-state index is 10.7. The summed E-state index contributed by atoms with van der Waals surface area (Å²) in [4.78, 5) is 21.7. The van der Waals surface area contributed by atoms with Gasteiger partial charge in [0.15, 0.2) is 0 Å². The van der Waals surface area contributed by atoms with Crippen molar-refractivity contribution >= 4 is 11.5 Å². The van der Waals surface area contributed by atoms with Gasteiger partial charge in [-0.05, 0) is 26.8 Å². The lowest BCUT2D eigenvalue weighted by Crippen LogP contribution is -2.04. The Bertz CT molecular complexity index is 601. The number of hydrogen-bond acceptors (Lipinski definition) is 5. The number of rotatable bonds is 4. The van der Waals surface area contributed by atoms with Gasteiger partial charge < -0.3 is 10.3 Å². The Morgan fingerprint density at radius 3 is 2.68 bits per heavy atom. The lowest BCUT2D eigenvalue weighted by molar-refractivity contribution is -0.385. The average Bonchev–Trinajstić information content (AvgIpc) is 2.66. The number of hydrogen-bond donors (Lipinski definition) is 2. The smallest absolute Gasteiger partial charge is 0.290 e. The van der Waals surface area contributed by atoms with E-state index in [9.17, 15) is 10.1 Å². The molecule has 0 fully saturated rings. The van der Waals surface area contributed by atoms with E-state index in [0.29, 0.717) is 17.9 Å². The highest BCUT2D eigenvalue weighted by Gasteiger charge is 2.11. The summed E-state index contributed by atoms with van der Waals surface area (Å²) >= 11 is 0. The predicted octanol–water partition coefficient (Wildman–Crippen LogP) is 2.25. The van der Waals surface area contributed by atoms with Crippen molar-refractivity contribution in [3.8, 4) is 0 Å². The minimum atomic E-state index is -0.439. The first-order valence-corrected chi connectivity index (χ1v) is 5.84. The number of H-pyrrole nitrogens is 1. The first-order chi connectivity index (χ1) is 8.97. The molecule has 0 amide bonds. The van der Waals surface area contributed by atoms with Crippen LogP contribution < -0.4 is 5.32 Å². The van der Waals surface area contributed by atoms with Gasteiger partial charge in [-0.15, -0.1) is 0 Å². The number of aryl methyl sites for hydroxylation is 3. The molecule has 0 radical (unpaired) electrons. The van der Waals surface area contributed by atoms with Crippen molar-refractivity contribution in [3.63, 3.8) is 0 Å². The Morgan fingerprint density at radius 1 is 1.42 bits per heavy atom. The molecule has 0 aliphatic heterocycles. The summed E-state index contributed by atoms with van der Waals surface area (Å²) in [5.74, 6) is 1.41. The second kappa shape index (κ2) is 5.05. The van der Waals surface area contributed by atoms with E-state index in [2.05, 4.69) is 20.3 Å². The molecule has 0 aliphatic carbocycles. The average molecular weight is 261 g/mol. The van der Waals surface area contributed by atoms with Gasteiger partial charge in [-0.2, -0.15) is 0 Å². The Balaban J connectivity index is 2.08. The van der Waals surface area contributed by atoms with Crippen LogP contribution in [0.25, 0.3) is 0 Å². The quantitative estimate of drug-likeness (QED) is 0.650. The van der Waals surface area contributed by atoms with Gasteiger partial charge in [-0.25, -0.2) is 9.97 Å². The van der Waals surface area contributed by atoms with Gasteiger partial charge in [0.05, 0.1) is 17.2 Å². The molecular weight excluding hydrogens is 246 g/mol.